The van der Waals surface area contributed by atoms with Crippen LogP contribution in [0.4, 0.5) is 25.8 Å². The van der Waals surface area contributed by atoms with Gasteiger partial charge in [-0.25, -0.2) is 13.6 Å². The number of fused-ring (bicyclic) bond motifs is 1. The summed E-state index contributed by atoms with van der Waals surface area (Å²) in [6.07, 6.45) is 0.932. The second-order valence-corrected chi connectivity index (χ2v) is 6.48. The number of benzene rings is 2. The summed E-state index contributed by atoms with van der Waals surface area (Å²) < 4.78 is 29.6. The summed E-state index contributed by atoms with van der Waals surface area (Å²) in [4.78, 5) is 24.3. The van der Waals surface area contributed by atoms with E-state index < -0.39 is 46.3 Å². The Labute approximate surface area is 166 Å². The summed E-state index contributed by atoms with van der Waals surface area (Å²) in [5.41, 5.74) is 8.40. The van der Waals surface area contributed by atoms with Crippen LogP contribution in [0, 0.1) is 11.6 Å². The van der Waals surface area contributed by atoms with Crippen molar-refractivity contribution in [3.05, 3.63) is 56.3 Å². The molecule has 0 bridgehead atoms. The number of pyridine rings is 1. The Morgan fingerprint density at radius 1 is 1.31 bits per heavy atom. The Bertz CT molecular complexity index is 1240. The van der Waals surface area contributed by atoms with E-state index in [1.807, 2.05) is 0 Å². The molecule has 0 spiro atoms. The van der Waals surface area contributed by atoms with Gasteiger partial charge in [-0.05, 0) is 12.1 Å². The summed E-state index contributed by atoms with van der Waals surface area (Å²) in [6, 6.07) is 2.08. The maximum Gasteiger partial charge on any atom is 0.341 e. The molecule has 2 aromatic carbocycles. The summed E-state index contributed by atoms with van der Waals surface area (Å²) in [7, 11) is 1.37. The highest BCUT2D eigenvalue weighted by atomic mass is 35.5. The van der Waals surface area contributed by atoms with Crippen LogP contribution in [0.2, 0.25) is 5.02 Å². The molecule has 1 aromatic heterocycles. The van der Waals surface area contributed by atoms with E-state index in [0.717, 1.165) is 22.9 Å². The van der Waals surface area contributed by atoms with Crippen LogP contribution in [0.15, 0.2) is 23.1 Å². The van der Waals surface area contributed by atoms with Gasteiger partial charge in [0.25, 0.3) is 0 Å². The van der Waals surface area contributed by atoms with Crippen LogP contribution in [0.3, 0.4) is 0 Å². The van der Waals surface area contributed by atoms with Crippen LogP contribution in [0.25, 0.3) is 16.6 Å². The van der Waals surface area contributed by atoms with Gasteiger partial charge in [0.2, 0.25) is 5.43 Å². The number of hydrogen-bond acceptors (Lipinski definition) is 6. The quantitative estimate of drug-likeness (QED) is 0.404. The number of halogens is 3. The minimum Gasteiger partial charge on any atom is -0.477 e. The highest BCUT2D eigenvalue weighted by Crippen LogP contribution is 2.39. The van der Waals surface area contributed by atoms with Gasteiger partial charge >= 0.3 is 5.97 Å². The van der Waals surface area contributed by atoms with E-state index >= 15 is 0 Å². The normalized spacial score (nSPS) is 11.1. The van der Waals surface area contributed by atoms with Gasteiger partial charge in [-0.3, -0.25) is 4.79 Å². The maximum atomic E-state index is 14.6. The van der Waals surface area contributed by atoms with Gasteiger partial charge in [0.05, 0.1) is 45.3 Å². The number of anilines is 3. The number of aromatic nitrogens is 1. The Morgan fingerprint density at radius 3 is 2.52 bits per heavy atom. The first-order valence-electron chi connectivity index (χ1n) is 8.09. The Kier molecular flexibility index (Phi) is 5.07. The third kappa shape index (κ3) is 3.02. The van der Waals surface area contributed by atoms with E-state index in [4.69, 9.17) is 23.1 Å². The number of aliphatic hydroxyl groups is 1. The lowest BCUT2D eigenvalue weighted by molar-refractivity contribution is 0.0695. The topological polar surface area (TPSA) is 144 Å². The predicted molar refractivity (Wildman–Crippen MR) is 106 cm³/mol. The predicted octanol–water partition coefficient (Wildman–Crippen LogP) is 2.32. The molecule has 0 aliphatic heterocycles. The van der Waals surface area contributed by atoms with Crippen LogP contribution in [-0.4, -0.2) is 27.8 Å². The van der Waals surface area contributed by atoms with Crippen LogP contribution in [0.5, 0.6) is 0 Å². The molecule has 0 atom stereocenters. The number of aromatic carboxylic acids is 1. The summed E-state index contributed by atoms with van der Waals surface area (Å²) in [5.74, 6) is -3.44. The zero-order valence-corrected chi connectivity index (χ0v) is 15.6. The molecule has 0 amide bonds. The first-order chi connectivity index (χ1) is 13.6. The van der Waals surface area contributed by atoms with Gasteiger partial charge in [0.1, 0.15) is 11.4 Å². The molecule has 0 unspecified atom stereocenters. The van der Waals surface area contributed by atoms with Crippen LogP contribution >= 0.6 is 11.6 Å². The van der Waals surface area contributed by atoms with E-state index in [2.05, 4.69) is 5.32 Å². The van der Waals surface area contributed by atoms with Crippen LogP contribution in [-0.2, 0) is 6.61 Å². The first-order valence-corrected chi connectivity index (χ1v) is 8.47. The number of hydrogen-bond donors (Lipinski definition) is 5. The zero-order chi connectivity index (χ0) is 21.6. The van der Waals surface area contributed by atoms with Crippen LogP contribution in [0.1, 0.15) is 15.9 Å². The van der Waals surface area contributed by atoms with Gasteiger partial charge < -0.3 is 31.6 Å². The third-order valence-corrected chi connectivity index (χ3v) is 4.84. The summed E-state index contributed by atoms with van der Waals surface area (Å²) >= 11 is 6.31. The molecule has 0 aliphatic carbocycles. The number of rotatable bonds is 4. The van der Waals surface area contributed by atoms with Gasteiger partial charge in [-0.15, -0.1) is 0 Å². The van der Waals surface area contributed by atoms with Crippen LogP contribution < -0.4 is 22.2 Å². The number of nitrogen functional groups attached to an aromatic ring is 2. The molecule has 11 heteroatoms. The fraction of sp³-hybridized carbons (Fsp3) is 0.111. The SMILES string of the molecule is CNc1c(F)c(N)c2c(=O)c(C(=O)O)cn(-c3cc(N)c(F)cc3CO)c2c1Cl. The molecule has 1 heterocycles. The van der Waals surface area contributed by atoms with E-state index in [1.54, 1.807) is 0 Å². The van der Waals surface area contributed by atoms with Crippen molar-refractivity contribution in [2.75, 3.05) is 23.8 Å². The van der Waals surface area contributed by atoms with Gasteiger partial charge in [-0.2, -0.15) is 0 Å². The van der Waals surface area contributed by atoms with Crippen molar-refractivity contribution in [1.29, 1.82) is 0 Å². The summed E-state index contributed by atoms with van der Waals surface area (Å²) in [6.45, 7) is -0.643. The fourth-order valence-electron chi connectivity index (χ4n) is 3.07. The first kappa shape index (κ1) is 20.4. The highest BCUT2D eigenvalue weighted by molar-refractivity contribution is 6.38. The number of nitrogens with one attached hydrogen (secondary N) is 1. The van der Waals surface area contributed by atoms with Crippen molar-refractivity contribution in [3.63, 3.8) is 0 Å². The van der Waals surface area contributed by atoms with E-state index in [9.17, 15) is 28.6 Å². The number of carbonyl (C=O) groups is 1. The number of aliphatic hydroxyl groups excluding tert-OH is 1. The molecule has 29 heavy (non-hydrogen) atoms. The molecule has 152 valence electrons. The zero-order valence-electron chi connectivity index (χ0n) is 14.9. The van der Waals surface area contributed by atoms with E-state index in [0.29, 0.717) is 0 Å². The Balaban J connectivity index is 2.66. The fourth-order valence-corrected chi connectivity index (χ4v) is 3.43. The third-order valence-electron chi connectivity index (χ3n) is 4.47. The molecule has 8 nitrogen and oxygen atoms in total. The monoisotopic (exact) mass is 424 g/mol. The standard InChI is InChI=1S/C18H15ClF2N4O4/c1-24-15-12(19)16-11(14(23)13(15)21)17(27)7(18(28)29)4-25(16)10-3-9(22)8(20)2-6(10)5-26/h2-4,24,26H,5,22-23H2,1H3,(H,28,29). The highest BCUT2D eigenvalue weighted by Gasteiger charge is 2.25. The molecule has 3 rings (SSSR count). The number of carboxylic acid groups (broad SMARTS) is 1. The molecule has 7 N–H and O–H groups in total. The molecule has 0 saturated carbocycles. The summed E-state index contributed by atoms with van der Waals surface area (Å²) in [5, 5.41) is 20.9. The van der Waals surface area contributed by atoms with Gasteiger partial charge in [0.15, 0.2) is 5.82 Å². The second-order valence-electron chi connectivity index (χ2n) is 6.10. The van der Waals surface area contributed by atoms with Crippen molar-refractivity contribution in [2.45, 2.75) is 6.61 Å². The lowest BCUT2D eigenvalue weighted by Gasteiger charge is -2.20. The minimum atomic E-state index is -1.60. The molecule has 3 aromatic rings. The molecule has 0 saturated heterocycles. The van der Waals surface area contributed by atoms with Crippen molar-refractivity contribution in [1.82, 2.24) is 4.57 Å². The molecule has 0 aliphatic rings. The number of nitrogens with two attached hydrogens (primary N) is 2. The molecular weight excluding hydrogens is 410 g/mol. The maximum absolute atomic E-state index is 14.6. The van der Waals surface area contributed by atoms with Crippen molar-refractivity contribution >= 4 is 45.5 Å². The average Bonchev–Trinajstić information content (AvgIpc) is 2.68. The smallest absolute Gasteiger partial charge is 0.341 e. The minimum absolute atomic E-state index is 0.0166. The number of nitrogens with zero attached hydrogens (tertiary/aromatic N) is 1. The number of carboxylic acids is 1. The van der Waals surface area contributed by atoms with Crippen molar-refractivity contribution in [3.8, 4) is 5.69 Å². The average molecular weight is 425 g/mol. The van der Waals surface area contributed by atoms with E-state index in [-0.39, 0.29) is 33.2 Å². The van der Waals surface area contributed by atoms with Crippen molar-refractivity contribution in [2.24, 2.45) is 0 Å². The largest absolute Gasteiger partial charge is 0.477 e. The van der Waals surface area contributed by atoms with Crippen molar-refractivity contribution < 1.29 is 23.8 Å². The molecule has 0 radical (unpaired) electrons. The molecule has 0 fully saturated rings. The van der Waals surface area contributed by atoms with Gasteiger partial charge in [0, 0.05) is 18.8 Å². The van der Waals surface area contributed by atoms with E-state index in [1.165, 1.54) is 7.05 Å². The van der Waals surface area contributed by atoms with Gasteiger partial charge in [-0.1, -0.05) is 11.6 Å². The Hall–Kier alpha value is -3.37. The lowest BCUT2D eigenvalue weighted by atomic mass is 10.1. The molecular formula is C18H15ClF2N4O4. The Morgan fingerprint density at radius 2 is 1.97 bits per heavy atom. The lowest BCUT2D eigenvalue weighted by Crippen LogP contribution is -2.21. The second kappa shape index (κ2) is 7.22.